The van der Waals surface area contributed by atoms with E-state index in [-0.39, 0.29) is 5.97 Å². The first-order chi connectivity index (χ1) is 7.72. The van der Waals surface area contributed by atoms with Crippen LogP contribution in [-0.2, 0) is 4.74 Å². The standard InChI is InChI=1S/C13H13NO2/c1-3-16-13(15)11-8-7-10-6-4-5-9(2)12(10)14-11/h4-8H,3H2,1-2H3. The lowest BCUT2D eigenvalue weighted by molar-refractivity contribution is 0.0520. The number of aromatic nitrogens is 1. The third-order valence-corrected chi connectivity index (χ3v) is 2.41. The Kier molecular flexibility index (Phi) is 2.86. The predicted molar refractivity (Wildman–Crippen MR) is 62.4 cm³/mol. The molecule has 2 rings (SSSR count). The number of fused-ring (bicyclic) bond motifs is 1. The summed E-state index contributed by atoms with van der Waals surface area (Å²) in [4.78, 5) is 15.8. The van der Waals surface area contributed by atoms with Crippen LogP contribution in [0.3, 0.4) is 0 Å². The molecule has 16 heavy (non-hydrogen) atoms. The van der Waals surface area contributed by atoms with Crippen molar-refractivity contribution in [3.8, 4) is 0 Å². The minimum atomic E-state index is -0.368. The quantitative estimate of drug-likeness (QED) is 0.723. The van der Waals surface area contributed by atoms with Crippen molar-refractivity contribution in [2.45, 2.75) is 13.8 Å². The number of pyridine rings is 1. The van der Waals surface area contributed by atoms with E-state index < -0.39 is 0 Å². The maximum Gasteiger partial charge on any atom is 0.356 e. The van der Waals surface area contributed by atoms with Gasteiger partial charge in [-0.15, -0.1) is 0 Å². The number of carbonyl (C=O) groups excluding carboxylic acids is 1. The molecule has 1 heterocycles. The molecule has 2 aromatic rings. The van der Waals surface area contributed by atoms with Crippen LogP contribution in [0.2, 0.25) is 0 Å². The molecule has 0 spiro atoms. The fraction of sp³-hybridized carbons (Fsp3) is 0.231. The van der Waals surface area contributed by atoms with Crippen molar-refractivity contribution in [2.75, 3.05) is 6.61 Å². The second kappa shape index (κ2) is 4.31. The van der Waals surface area contributed by atoms with E-state index in [2.05, 4.69) is 4.98 Å². The summed E-state index contributed by atoms with van der Waals surface area (Å²) >= 11 is 0. The third-order valence-electron chi connectivity index (χ3n) is 2.41. The largest absolute Gasteiger partial charge is 0.461 e. The Labute approximate surface area is 94.1 Å². The van der Waals surface area contributed by atoms with Gasteiger partial charge < -0.3 is 4.74 Å². The van der Waals surface area contributed by atoms with Crippen LogP contribution in [0, 0.1) is 6.92 Å². The van der Waals surface area contributed by atoms with Gasteiger partial charge in [0.05, 0.1) is 12.1 Å². The Balaban J connectivity index is 2.51. The Morgan fingerprint density at radius 2 is 2.12 bits per heavy atom. The lowest BCUT2D eigenvalue weighted by Gasteiger charge is -2.04. The van der Waals surface area contributed by atoms with Crippen LogP contribution in [0.1, 0.15) is 23.0 Å². The Bertz CT molecular complexity index is 534. The number of benzene rings is 1. The van der Waals surface area contributed by atoms with Gasteiger partial charge in [-0.1, -0.05) is 24.3 Å². The summed E-state index contributed by atoms with van der Waals surface area (Å²) in [6, 6.07) is 9.51. The fourth-order valence-corrected chi connectivity index (χ4v) is 1.61. The Hall–Kier alpha value is -1.90. The van der Waals surface area contributed by atoms with Gasteiger partial charge in [0.15, 0.2) is 0 Å². The van der Waals surface area contributed by atoms with Crippen molar-refractivity contribution < 1.29 is 9.53 Å². The number of para-hydroxylation sites is 1. The summed E-state index contributed by atoms with van der Waals surface area (Å²) in [7, 11) is 0. The van der Waals surface area contributed by atoms with E-state index in [0.29, 0.717) is 12.3 Å². The van der Waals surface area contributed by atoms with E-state index in [0.717, 1.165) is 16.5 Å². The molecule has 3 nitrogen and oxygen atoms in total. The molecule has 0 N–H and O–H groups in total. The van der Waals surface area contributed by atoms with E-state index in [4.69, 9.17) is 4.74 Å². The highest BCUT2D eigenvalue weighted by Crippen LogP contribution is 2.16. The number of ether oxygens (including phenoxy) is 1. The van der Waals surface area contributed by atoms with Crippen molar-refractivity contribution in [1.82, 2.24) is 4.98 Å². The first-order valence-electron chi connectivity index (χ1n) is 5.26. The SMILES string of the molecule is CCOC(=O)c1ccc2cccc(C)c2n1. The molecule has 1 aromatic heterocycles. The number of hydrogen-bond acceptors (Lipinski definition) is 3. The number of aryl methyl sites for hydroxylation is 1. The summed E-state index contributed by atoms with van der Waals surface area (Å²) in [5.41, 5.74) is 2.28. The van der Waals surface area contributed by atoms with Crippen LogP contribution in [0.15, 0.2) is 30.3 Å². The van der Waals surface area contributed by atoms with Gasteiger partial charge in [0.25, 0.3) is 0 Å². The number of carbonyl (C=O) groups is 1. The molecule has 0 radical (unpaired) electrons. The average molecular weight is 215 g/mol. The van der Waals surface area contributed by atoms with E-state index in [1.165, 1.54) is 0 Å². The Morgan fingerprint density at radius 3 is 2.88 bits per heavy atom. The van der Waals surface area contributed by atoms with Gasteiger partial charge >= 0.3 is 5.97 Å². The topological polar surface area (TPSA) is 39.2 Å². The summed E-state index contributed by atoms with van der Waals surface area (Å²) < 4.78 is 4.92. The molecule has 0 unspecified atom stereocenters. The molecule has 82 valence electrons. The van der Waals surface area contributed by atoms with Crippen molar-refractivity contribution in [1.29, 1.82) is 0 Å². The van der Waals surface area contributed by atoms with Gasteiger partial charge in [-0.25, -0.2) is 9.78 Å². The number of hydrogen-bond donors (Lipinski definition) is 0. The van der Waals surface area contributed by atoms with E-state index in [1.807, 2.05) is 31.2 Å². The van der Waals surface area contributed by atoms with Crippen LogP contribution >= 0.6 is 0 Å². The highest BCUT2D eigenvalue weighted by atomic mass is 16.5. The van der Waals surface area contributed by atoms with E-state index in [9.17, 15) is 4.79 Å². The molecular formula is C13H13NO2. The zero-order valence-electron chi connectivity index (χ0n) is 9.36. The zero-order valence-corrected chi connectivity index (χ0v) is 9.36. The summed E-state index contributed by atoms with van der Waals surface area (Å²) in [5.74, 6) is -0.368. The van der Waals surface area contributed by atoms with Crippen molar-refractivity contribution in [3.05, 3.63) is 41.6 Å². The first-order valence-corrected chi connectivity index (χ1v) is 5.26. The lowest BCUT2D eigenvalue weighted by atomic mass is 10.1. The van der Waals surface area contributed by atoms with Crippen LogP contribution in [0.4, 0.5) is 0 Å². The maximum absolute atomic E-state index is 11.5. The van der Waals surface area contributed by atoms with Crippen molar-refractivity contribution >= 4 is 16.9 Å². The lowest BCUT2D eigenvalue weighted by Crippen LogP contribution is -2.07. The summed E-state index contributed by atoms with van der Waals surface area (Å²) in [6.07, 6.45) is 0. The molecule has 0 fully saturated rings. The Morgan fingerprint density at radius 1 is 1.31 bits per heavy atom. The molecule has 1 aromatic carbocycles. The number of nitrogens with zero attached hydrogens (tertiary/aromatic N) is 1. The second-order valence-corrected chi connectivity index (χ2v) is 3.56. The molecule has 0 bridgehead atoms. The van der Waals surface area contributed by atoms with Gasteiger partial charge in [0, 0.05) is 5.39 Å². The van der Waals surface area contributed by atoms with Gasteiger partial charge in [-0.3, -0.25) is 0 Å². The third kappa shape index (κ3) is 1.89. The molecule has 0 aliphatic heterocycles. The predicted octanol–water partition coefficient (Wildman–Crippen LogP) is 2.72. The molecule has 3 heteroatoms. The highest BCUT2D eigenvalue weighted by molar-refractivity contribution is 5.91. The van der Waals surface area contributed by atoms with Crippen molar-refractivity contribution in [2.24, 2.45) is 0 Å². The monoisotopic (exact) mass is 215 g/mol. The molecule has 0 atom stereocenters. The molecule has 0 amide bonds. The fourth-order valence-electron chi connectivity index (χ4n) is 1.61. The van der Waals surface area contributed by atoms with Gasteiger partial charge in [0.2, 0.25) is 0 Å². The van der Waals surface area contributed by atoms with Crippen LogP contribution in [0.5, 0.6) is 0 Å². The van der Waals surface area contributed by atoms with Crippen molar-refractivity contribution in [3.63, 3.8) is 0 Å². The number of rotatable bonds is 2. The second-order valence-electron chi connectivity index (χ2n) is 3.56. The van der Waals surface area contributed by atoms with E-state index in [1.54, 1.807) is 13.0 Å². The van der Waals surface area contributed by atoms with Gasteiger partial charge in [0.1, 0.15) is 5.69 Å². The van der Waals surface area contributed by atoms with Gasteiger partial charge in [-0.05, 0) is 25.5 Å². The molecule has 0 saturated heterocycles. The van der Waals surface area contributed by atoms with Crippen LogP contribution in [-0.4, -0.2) is 17.6 Å². The zero-order chi connectivity index (χ0) is 11.5. The highest BCUT2D eigenvalue weighted by Gasteiger charge is 2.09. The number of esters is 1. The smallest absolute Gasteiger partial charge is 0.356 e. The minimum absolute atomic E-state index is 0.364. The average Bonchev–Trinajstić information content (AvgIpc) is 2.29. The van der Waals surface area contributed by atoms with Crippen LogP contribution in [0.25, 0.3) is 10.9 Å². The molecule has 0 saturated carbocycles. The molecule has 0 aliphatic rings. The first kappa shape index (κ1) is 10.6. The molecule has 0 aliphatic carbocycles. The summed E-state index contributed by atoms with van der Waals surface area (Å²) in [6.45, 7) is 4.13. The van der Waals surface area contributed by atoms with E-state index >= 15 is 0 Å². The summed E-state index contributed by atoms with van der Waals surface area (Å²) in [5, 5.41) is 1.04. The maximum atomic E-state index is 11.5. The normalized spacial score (nSPS) is 10.4. The van der Waals surface area contributed by atoms with Gasteiger partial charge in [-0.2, -0.15) is 0 Å². The molecular weight excluding hydrogens is 202 g/mol. The van der Waals surface area contributed by atoms with Crippen LogP contribution < -0.4 is 0 Å². The minimum Gasteiger partial charge on any atom is -0.461 e.